The number of esters is 1. The second-order valence-electron chi connectivity index (χ2n) is 3.44. The summed E-state index contributed by atoms with van der Waals surface area (Å²) in [4.78, 5) is 23.0. The lowest BCUT2D eigenvalue weighted by Gasteiger charge is -2.15. The number of rotatable bonds is 2. The second-order valence-corrected chi connectivity index (χ2v) is 3.44. The smallest absolute Gasteiger partial charge is 0.346 e. The number of carbonyl (C=O) groups excluding carboxylic acids is 2. The molecule has 1 aromatic rings. The molecule has 1 atom stereocenters. The van der Waals surface area contributed by atoms with Gasteiger partial charge in [-0.15, -0.1) is 0 Å². The topological polar surface area (TPSA) is 63.6 Å². The molecule has 1 fully saturated rings. The van der Waals surface area contributed by atoms with Gasteiger partial charge in [0.25, 0.3) is 0 Å². The van der Waals surface area contributed by atoms with Gasteiger partial charge in [0.15, 0.2) is 0 Å². The predicted molar refractivity (Wildman–Crippen MR) is 51.3 cm³/mol. The van der Waals surface area contributed by atoms with E-state index >= 15 is 0 Å². The summed E-state index contributed by atoms with van der Waals surface area (Å²) in [5.74, 6) is -1.44. The standard InChI is InChI=1S/C11H10O4/c12-9(8-4-2-1-3-5-8)11(14)6-7-15-10(11)13/h1-5,14H,6-7H2. The van der Waals surface area contributed by atoms with Crippen molar-refractivity contribution in [3.8, 4) is 0 Å². The van der Waals surface area contributed by atoms with Crippen LogP contribution in [0, 0.1) is 0 Å². The highest BCUT2D eigenvalue weighted by Crippen LogP contribution is 2.24. The molecule has 0 radical (unpaired) electrons. The van der Waals surface area contributed by atoms with Crippen LogP contribution in [0.1, 0.15) is 16.8 Å². The van der Waals surface area contributed by atoms with Crippen molar-refractivity contribution in [2.75, 3.05) is 6.61 Å². The number of carbonyl (C=O) groups is 2. The normalized spacial score (nSPS) is 25.0. The van der Waals surface area contributed by atoms with Crippen LogP contribution in [-0.4, -0.2) is 29.1 Å². The van der Waals surface area contributed by atoms with Crippen molar-refractivity contribution in [2.45, 2.75) is 12.0 Å². The van der Waals surface area contributed by atoms with Crippen LogP contribution in [0.5, 0.6) is 0 Å². The molecule has 0 amide bonds. The fourth-order valence-electron chi connectivity index (χ4n) is 1.55. The molecule has 1 unspecified atom stereocenters. The largest absolute Gasteiger partial charge is 0.463 e. The summed E-state index contributed by atoms with van der Waals surface area (Å²) in [5, 5.41) is 9.86. The van der Waals surface area contributed by atoms with Crippen molar-refractivity contribution in [1.29, 1.82) is 0 Å². The van der Waals surface area contributed by atoms with Crippen molar-refractivity contribution >= 4 is 11.8 Å². The van der Waals surface area contributed by atoms with Gasteiger partial charge in [-0.1, -0.05) is 30.3 Å². The van der Waals surface area contributed by atoms with Gasteiger partial charge in [0.1, 0.15) is 0 Å². The van der Waals surface area contributed by atoms with E-state index in [2.05, 4.69) is 4.74 Å². The minimum absolute atomic E-state index is 0.0273. The van der Waals surface area contributed by atoms with E-state index in [-0.39, 0.29) is 13.0 Å². The Kier molecular flexibility index (Phi) is 2.28. The molecule has 4 heteroatoms. The first-order chi connectivity index (χ1) is 7.14. The van der Waals surface area contributed by atoms with Gasteiger partial charge in [0, 0.05) is 12.0 Å². The van der Waals surface area contributed by atoms with Gasteiger partial charge in [0.05, 0.1) is 6.61 Å². The van der Waals surface area contributed by atoms with Crippen LogP contribution in [0.4, 0.5) is 0 Å². The van der Waals surface area contributed by atoms with Crippen molar-refractivity contribution < 1.29 is 19.4 Å². The molecule has 4 nitrogen and oxygen atoms in total. The molecule has 1 N–H and O–H groups in total. The van der Waals surface area contributed by atoms with Crippen LogP contribution in [0.15, 0.2) is 30.3 Å². The highest BCUT2D eigenvalue weighted by atomic mass is 16.6. The highest BCUT2D eigenvalue weighted by Gasteiger charge is 2.49. The van der Waals surface area contributed by atoms with E-state index in [0.717, 1.165) is 0 Å². The Hall–Kier alpha value is -1.68. The average molecular weight is 206 g/mol. The molecule has 1 aromatic carbocycles. The summed E-state index contributed by atoms with van der Waals surface area (Å²) in [6.07, 6.45) is 0.0273. The van der Waals surface area contributed by atoms with E-state index in [1.165, 1.54) is 0 Å². The van der Waals surface area contributed by atoms with Gasteiger partial charge in [-0.2, -0.15) is 0 Å². The Morgan fingerprint density at radius 1 is 1.33 bits per heavy atom. The molecular weight excluding hydrogens is 196 g/mol. The molecule has 1 heterocycles. The quantitative estimate of drug-likeness (QED) is 0.436. The zero-order valence-corrected chi connectivity index (χ0v) is 7.97. The third-order valence-corrected chi connectivity index (χ3v) is 2.45. The molecule has 0 aliphatic carbocycles. The maximum Gasteiger partial charge on any atom is 0.346 e. The summed E-state index contributed by atoms with van der Waals surface area (Å²) in [7, 11) is 0. The average Bonchev–Trinajstić information content (AvgIpc) is 2.61. The van der Waals surface area contributed by atoms with Gasteiger partial charge in [-0.05, 0) is 0 Å². The third kappa shape index (κ3) is 1.53. The zero-order valence-electron chi connectivity index (χ0n) is 7.97. The van der Waals surface area contributed by atoms with Gasteiger partial charge in [-0.3, -0.25) is 4.79 Å². The lowest BCUT2D eigenvalue weighted by molar-refractivity contribution is -0.149. The van der Waals surface area contributed by atoms with E-state index in [1.54, 1.807) is 30.3 Å². The maximum absolute atomic E-state index is 11.8. The van der Waals surface area contributed by atoms with Crippen molar-refractivity contribution in [3.63, 3.8) is 0 Å². The minimum atomic E-state index is -1.98. The molecule has 78 valence electrons. The summed E-state index contributed by atoms with van der Waals surface area (Å²) in [6, 6.07) is 8.24. The number of hydrogen-bond donors (Lipinski definition) is 1. The van der Waals surface area contributed by atoms with Crippen LogP contribution >= 0.6 is 0 Å². The van der Waals surface area contributed by atoms with Gasteiger partial charge >= 0.3 is 5.97 Å². The first kappa shape index (κ1) is 9.86. The second kappa shape index (κ2) is 3.47. The number of aliphatic hydroxyl groups is 1. The third-order valence-electron chi connectivity index (χ3n) is 2.45. The van der Waals surface area contributed by atoms with Gasteiger partial charge in [0.2, 0.25) is 11.4 Å². The lowest BCUT2D eigenvalue weighted by Crippen LogP contribution is -2.43. The highest BCUT2D eigenvalue weighted by molar-refractivity contribution is 6.15. The Bertz CT molecular complexity index is 398. The summed E-state index contributed by atoms with van der Waals surface area (Å²) < 4.78 is 4.60. The van der Waals surface area contributed by atoms with Crippen LogP contribution in [0.2, 0.25) is 0 Å². The zero-order chi connectivity index (χ0) is 10.9. The first-order valence-electron chi connectivity index (χ1n) is 4.64. The van der Waals surface area contributed by atoms with E-state index in [1.807, 2.05) is 0 Å². The maximum atomic E-state index is 11.8. The van der Waals surface area contributed by atoms with Crippen LogP contribution in [0.3, 0.4) is 0 Å². The number of benzene rings is 1. The fourth-order valence-corrected chi connectivity index (χ4v) is 1.55. The van der Waals surface area contributed by atoms with E-state index < -0.39 is 17.4 Å². The first-order valence-corrected chi connectivity index (χ1v) is 4.64. The molecule has 15 heavy (non-hydrogen) atoms. The number of ether oxygens (including phenoxy) is 1. The van der Waals surface area contributed by atoms with Crippen LogP contribution in [-0.2, 0) is 9.53 Å². The molecule has 0 spiro atoms. The summed E-state index contributed by atoms with van der Waals surface area (Å²) >= 11 is 0. The lowest BCUT2D eigenvalue weighted by atomic mass is 9.92. The number of ketones is 1. The van der Waals surface area contributed by atoms with Crippen LogP contribution in [0.25, 0.3) is 0 Å². The van der Waals surface area contributed by atoms with Crippen LogP contribution < -0.4 is 0 Å². The molecular formula is C11H10O4. The Labute approximate surface area is 86.5 Å². The minimum Gasteiger partial charge on any atom is -0.463 e. The number of Topliss-reactive ketones (excluding diaryl/α,β-unsaturated/α-hetero) is 1. The van der Waals surface area contributed by atoms with E-state index in [0.29, 0.717) is 5.56 Å². The predicted octanol–water partition coefficient (Wildman–Crippen LogP) is 0.547. The van der Waals surface area contributed by atoms with Gasteiger partial charge in [-0.25, -0.2) is 4.79 Å². The molecule has 1 saturated heterocycles. The van der Waals surface area contributed by atoms with Crippen molar-refractivity contribution in [3.05, 3.63) is 35.9 Å². The SMILES string of the molecule is O=C1OCCC1(O)C(=O)c1ccccc1. The summed E-state index contributed by atoms with van der Waals surface area (Å²) in [6.45, 7) is 0.0912. The molecule has 1 aliphatic heterocycles. The molecule has 2 rings (SSSR count). The van der Waals surface area contributed by atoms with E-state index in [9.17, 15) is 14.7 Å². The molecule has 0 bridgehead atoms. The van der Waals surface area contributed by atoms with Crippen molar-refractivity contribution in [1.82, 2.24) is 0 Å². The Morgan fingerprint density at radius 2 is 2.00 bits per heavy atom. The molecule has 1 aliphatic rings. The number of hydrogen-bond acceptors (Lipinski definition) is 4. The van der Waals surface area contributed by atoms with E-state index in [4.69, 9.17) is 0 Å². The Balaban J connectivity index is 2.33. The van der Waals surface area contributed by atoms with Gasteiger partial charge < -0.3 is 9.84 Å². The van der Waals surface area contributed by atoms with Crippen molar-refractivity contribution in [2.24, 2.45) is 0 Å². The summed E-state index contributed by atoms with van der Waals surface area (Å²) in [5.41, 5.74) is -1.67. The number of cyclic esters (lactones) is 1. The molecule has 0 saturated carbocycles. The monoisotopic (exact) mass is 206 g/mol. The Morgan fingerprint density at radius 3 is 2.53 bits per heavy atom. The molecule has 0 aromatic heterocycles. The fraction of sp³-hybridized carbons (Fsp3) is 0.273.